The molecule has 1 aromatic rings. The lowest BCUT2D eigenvalue weighted by Gasteiger charge is -2.41. The van der Waals surface area contributed by atoms with Crippen molar-refractivity contribution in [2.24, 2.45) is 29.6 Å². The van der Waals surface area contributed by atoms with Crippen LogP contribution in [0.1, 0.15) is 71.1 Å². The van der Waals surface area contributed by atoms with Gasteiger partial charge in [0.2, 0.25) is 0 Å². The average molecular weight is 555 g/mol. The van der Waals surface area contributed by atoms with Gasteiger partial charge in [-0.2, -0.15) is 0 Å². The van der Waals surface area contributed by atoms with Crippen molar-refractivity contribution in [3.63, 3.8) is 0 Å². The van der Waals surface area contributed by atoms with E-state index in [9.17, 15) is 29.4 Å². The van der Waals surface area contributed by atoms with Crippen molar-refractivity contribution < 1.29 is 43.4 Å². The van der Waals surface area contributed by atoms with E-state index in [4.69, 9.17) is 14.0 Å². The number of phosphoric ester groups is 1. The van der Waals surface area contributed by atoms with Crippen molar-refractivity contribution in [2.45, 2.75) is 95.5 Å². The van der Waals surface area contributed by atoms with E-state index in [1.165, 1.54) is 0 Å². The van der Waals surface area contributed by atoms with E-state index >= 15 is 0 Å². The Labute approximate surface area is 225 Å². The van der Waals surface area contributed by atoms with Crippen LogP contribution in [-0.4, -0.2) is 57.0 Å². The molecule has 38 heavy (non-hydrogen) atoms. The predicted molar refractivity (Wildman–Crippen MR) is 140 cm³/mol. The molecule has 0 spiro atoms. The number of benzene rings is 1. The predicted octanol–water partition coefficient (Wildman–Crippen LogP) is 4.22. The van der Waals surface area contributed by atoms with Gasteiger partial charge in [-0.3, -0.25) is 9.32 Å². The Bertz CT molecular complexity index is 934. The number of hydrogen-bond acceptors (Lipinski definition) is 7. The molecule has 1 aromatic carbocycles. The molecule has 3 aliphatic rings. The van der Waals surface area contributed by atoms with Crippen LogP contribution in [0.25, 0.3) is 0 Å². The maximum atomic E-state index is 11.9. The highest BCUT2D eigenvalue weighted by Crippen LogP contribution is 2.52. The number of carbonyl (C=O) groups excluding carboxylic acids is 1. The van der Waals surface area contributed by atoms with Crippen LogP contribution in [0, 0.1) is 29.6 Å². The molecule has 214 valence electrons. The molecule has 8 atom stereocenters. The summed E-state index contributed by atoms with van der Waals surface area (Å²) in [5.41, 5.74) is 0. The largest absolute Gasteiger partial charge is 0.491 e. The maximum absolute atomic E-state index is 11.9. The van der Waals surface area contributed by atoms with Crippen molar-refractivity contribution in [1.29, 1.82) is 0 Å². The van der Waals surface area contributed by atoms with E-state index in [1.807, 2.05) is 37.3 Å². The molecular weight excluding hydrogens is 511 g/mol. The molecule has 3 saturated carbocycles. The minimum absolute atomic E-state index is 0.106. The second kappa shape index (κ2) is 13.2. The molecule has 0 amide bonds. The van der Waals surface area contributed by atoms with Crippen molar-refractivity contribution in [1.82, 2.24) is 0 Å². The summed E-state index contributed by atoms with van der Waals surface area (Å²) in [4.78, 5) is 31.0. The third-order valence-corrected chi connectivity index (χ3v) is 9.12. The molecule has 0 saturated heterocycles. The van der Waals surface area contributed by atoms with Crippen LogP contribution in [0.15, 0.2) is 30.3 Å². The lowest BCUT2D eigenvalue weighted by atomic mass is 9.65. The second-order valence-electron chi connectivity index (χ2n) is 11.6. The number of carbonyl (C=O) groups is 1. The molecule has 9 nitrogen and oxygen atoms in total. The fraction of sp³-hybridized carbons (Fsp3) is 0.750. The van der Waals surface area contributed by atoms with Gasteiger partial charge in [-0.25, -0.2) is 4.57 Å². The lowest BCUT2D eigenvalue weighted by Crippen LogP contribution is -2.36. The number of para-hydroxylation sites is 1. The smallest absolute Gasteiger partial charge is 0.469 e. The fourth-order valence-electron chi connectivity index (χ4n) is 6.49. The number of rotatable bonds is 15. The monoisotopic (exact) mass is 554 g/mol. The molecule has 3 fully saturated rings. The van der Waals surface area contributed by atoms with Crippen LogP contribution in [0.4, 0.5) is 0 Å². The summed E-state index contributed by atoms with van der Waals surface area (Å²) in [5, 5.41) is 21.6. The van der Waals surface area contributed by atoms with E-state index in [0.717, 1.165) is 38.5 Å². The number of esters is 1. The van der Waals surface area contributed by atoms with Crippen LogP contribution in [0.2, 0.25) is 0 Å². The van der Waals surface area contributed by atoms with E-state index < -0.39 is 26.1 Å². The molecular formula is C28H43O9P. The molecule has 10 heteroatoms. The molecule has 0 aromatic heterocycles. The summed E-state index contributed by atoms with van der Waals surface area (Å²) < 4.78 is 27.9. The Morgan fingerprint density at radius 2 is 1.82 bits per heavy atom. The minimum atomic E-state index is -4.72. The zero-order valence-corrected chi connectivity index (χ0v) is 23.0. The number of hydrogen-bond donors (Lipinski definition) is 4. The van der Waals surface area contributed by atoms with Crippen LogP contribution < -0.4 is 4.74 Å². The highest BCUT2D eigenvalue weighted by atomic mass is 31.2. The molecule has 0 radical (unpaired) electrons. The first kappa shape index (κ1) is 29.5. The minimum Gasteiger partial charge on any atom is -0.491 e. The van der Waals surface area contributed by atoms with E-state index in [2.05, 4.69) is 0 Å². The van der Waals surface area contributed by atoms with Gasteiger partial charge in [-0.15, -0.1) is 0 Å². The topological polar surface area (TPSA) is 143 Å². The quantitative estimate of drug-likeness (QED) is 0.185. The van der Waals surface area contributed by atoms with Crippen LogP contribution in [0.5, 0.6) is 5.75 Å². The maximum Gasteiger partial charge on any atom is 0.469 e. The fourth-order valence-corrected chi connectivity index (χ4v) is 7.09. The highest BCUT2D eigenvalue weighted by Gasteiger charge is 2.49. The first-order valence-corrected chi connectivity index (χ1v) is 15.6. The summed E-state index contributed by atoms with van der Waals surface area (Å²) in [6, 6.07) is 9.25. The summed E-state index contributed by atoms with van der Waals surface area (Å²) >= 11 is 0. The van der Waals surface area contributed by atoms with Gasteiger partial charge in [-0.05, 0) is 93.1 Å². The molecule has 0 aliphatic heterocycles. The van der Waals surface area contributed by atoms with Crippen LogP contribution in [0.3, 0.4) is 0 Å². The van der Waals surface area contributed by atoms with Crippen molar-refractivity contribution in [3.8, 4) is 5.75 Å². The van der Waals surface area contributed by atoms with E-state index in [-0.39, 0.29) is 42.9 Å². The number of aliphatic hydroxyl groups excluding tert-OH is 2. The Morgan fingerprint density at radius 3 is 2.45 bits per heavy atom. The second-order valence-corrected chi connectivity index (χ2v) is 12.8. The molecule has 4 rings (SSSR count). The summed E-state index contributed by atoms with van der Waals surface area (Å²) in [7, 11) is -4.72. The van der Waals surface area contributed by atoms with E-state index in [0.29, 0.717) is 36.8 Å². The van der Waals surface area contributed by atoms with Crippen molar-refractivity contribution in [2.75, 3.05) is 6.61 Å². The molecule has 0 heterocycles. The standard InChI is InChI=1S/C28H43O9P/c1-18(14-21(29)17-35-22-7-3-2-4-8-22)28-24(26(16-25(28)30)37-38(32,33)34)15-20-11-10-19(20)6-5-9-27(31)36-23-12-13-23/h2-4,7-8,18-21,23-26,28-30H,5-6,9-17H2,1H3,(H2,32,33,34)/t18-,19-,20?,21+,24-,25+,26-,28+/m0/s1. The SMILES string of the molecule is C[C@@H](C[C@@H](O)COc1ccccc1)[C@@H]1[C@@H](CC2CC[C@@H]2CCCC(=O)OC2CC2)[C@@H](OP(=O)(O)O)C[C@H]1O. The van der Waals surface area contributed by atoms with Crippen molar-refractivity contribution >= 4 is 13.8 Å². The van der Waals surface area contributed by atoms with Gasteiger partial charge >= 0.3 is 13.8 Å². The van der Waals surface area contributed by atoms with Gasteiger partial charge in [0.05, 0.1) is 18.3 Å². The van der Waals surface area contributed by atoms with Crippen molar-refractivity contribution in [3.05, 3.63) is 30.3 Å². The van der Waals surface area contributed by atoms with Gasteiger partial charge in [0.1, 0.15) is 18.5 Å². The highest BCUT2D eigenvalue weighted by molar-refractivity contribution is 7.46. The van der Waals surface area contributed by atoms with Crippen LogP contribution in [-0.2, 0) is 18.6 Å². The van der Waals surface area contributed by atoms with Gasteiger partial charge in [0, 0.05) is 12.8 Å². The normalized spacial score (nSPS) is 30.9. The Morgan fingerprint density at radius 1 is 1.11 bits per heavy atom. The Hall–Kier alpha value is -1.48. The summed E-state index contributed by atoms with van der Waals surface area (Å²) in [6.07, 6.45) is 5.25. The third kappa shape index (κ3) is 8.77. The van der Waals surface area contributed by atoms with Gasteiger partial charge in [-0.1, -0.05) is 25.1 Å². The van der Waals surface area contributed by atoms with Gasteiger partial charge < -0.3 is 29.5 Å². The molecule has 1 unspecified atom stereocenters. The first-order chi connectivity index (χ1) is 18.1. The summed E-state index contributed by atoms with van der Waals surface area (Å²) in [6.45, 7) is 2.09. The van der Waals surface area contributed by atoms with Gasteiger partial charge in [0.25, 0.3) is 0 Å². The van der Waals surface area contributed by atoms with Crippen LogP contribution >= 0.6 is 7.82 Å². The lowest BCUT2D eigenvalue weighted by molar-refractivity contribution is -0.145. The Balaban J connectivity index is 1.32. The third-order valence-electron chi connectivity index (χ3n) is 8.58. The number of phosphoric acid groups is 1. The molecule has 0 bridgehead atoms. The van der Waals surface area contributed by atoms with E-state index in [1.54, 1.807) is 0 Å². The Kier molecular flexibility index (Phi) is 10.3. The molecule has 4 N–H and O–H groups in total. The number of aliphatic hydroxyl groups is 2. The zero-order chi connectivity index (χ0) is 27.3. The average Bonchev–Trinajstić information content (AvgIpc) is 3.59. The van der Waals surface area contributed by atoms with Gasteiger partial charge in [0.15, 0.2) is 0 Å². The number of ether oxygens (including phenoxy) is 2. The first-order valence-electron chi connectivity index (χ1n) is 14.1. The zero-order valence-electron chi connectivity index (χ0n) is 22.1. The summed E-state index contributed by atoms with van der Waals surface area (Å²) in [5.74, 6) is 0.748. The molecule has 3 aliphatic carbocycles.